The maximum Gasteiger partial charge on any atom is 0.490 e. The van der Waals surface area contributed by atoms with E-state index in [1.807, 2.05) is 17.0 Å². The van der Waals surface area contributed by atoms with Crippen LogP contribution in [0.1, 0.15) is 12.8 Å². The van der Waals surface area contributed by atoms with Gasteiger partial charge in [-0.15, -0.1) is 0 Å². The van der Waals surface area contributed by atoms with Crippen molar-refractivity contribution < 1.29 is 46.1 Å². The van der Waals surface area contributed by atoms with E-state index < -0.39 is 18.1 Å². The number of benzene rings is 1. The summed E-state index contributed by atoms with van der Waals surface area (Å²) in [5.41, 5.74) is 0.696. The second kappa shape index (κ2) is 10.6. The number of methoxy groups -OCH3 is 2. The van der Waals surface area contributed by atoms with Gasteiger partial charge in [-0.1, -0.05) is 0 Å². The van der Waals surface area contributed by atoms with Gasteiger partial charge in [0.2, 0.25) is 5.95 Å². The van der Waals surface area contributed by atoms with Gasteiger partial charge in [0.1, 0.15) is 5.82 Å². The van der Waals surface area contributed by atoms with Crippen LogP contribution in [0.25, 0.3) is 10.9 Å². The number of anilines is 2. The summed E-state index contributed by atoms with van der Waals surface area (Å²) >= 11 is 0. The number of hydrogen-bond acceptors (Lipinski definition) is 8. The normalized spacial score (nSPS) is 18.0. The summed E-state index contributed by atoms with van der Waals surface area (Å²) in [4.78, 5) is 22.4. The van der Waals surface area contributed by atoms with Crippen molar-refractivity contribution in [3.8, 4) is 11.5 Å². The minimum absolute atomic E-state index is 0.182. The second-order valence-electron chi connectivity index (χ2n) is 7.82. The Balaban J connectivity index is 0.000000429. The Labute approximate surface area is 197 Å². The summed E-state index contributed by atoms with van der Waals surface area (Å²) in [6.07, 6.45) is -5.45. The van der Waals surface area contributed by atoms with E-state index in [1.165, 1.54) is 0 Å². The van der Waals surface area contributed by atoms with Gasteiger partial charge in [0.25, 0.3) is 5.92 Å². The van der Waals surface area contributed by atoms with Crippen LogP contribution in [0.2, 0.25) is 0 Å². The van der Waals surface area contributed by atoms with Gasteiger partial charge in [0, 0.05) is 50.5 Å². The lowest BCUT2D eigenvalue weighted by Gasteiger charge is -2.34. The number of piperidine rings is 1. The molecule has 1 aromatic heterocycles. The first-order chi connectivity index (χ1) is 16.4. The molecule has 0 radical (unpaired) electrons. The van der Waals surface area contributed by atoms with E-state index in [9.17, 15) is 22.0 Å². The van der Waals surface area contributed by atoms with Crippen LogP contribution < -0.4 is 19.3 Å². The average Bonchev–Trinajstić information content (AvgIpc) is 2.83. The summed E-state index contributed by atoms with van der Waals surface area (Å²) in [5.74, 6) is -3.02. The molecule has 0 spiro atoms. The number of carbonyl (C=O) groups is 1. The number of morpholine rings is 1. The zero-order chi connectivity index (χ0) is 25.8. The third kappa shape index (κ3) is 6.50. The molecule has 1 aromatic carbocycles. The van der Waals surface area contributed by atoms with Gasteiger partial charge in [-0.25, -0.2) is 18.6 Å². The molecular formula is C21H25F5N4O5. The molecule has 2 saturated heterocycles. The molecule has 3 heterocycles. The lowest BCUT2D eigenvalue weighted by atomic mass is 10.1. The maximum absolute atomic E-state index is 13.7. The summed E-state index contributed by atoms with van der Waals surface area (Å²) < 4.78 is 75.3. The maximum atomic E-state index is 13.7. The number of alkyl halides is 5. The Bertz CT molecular complexity index is 1040. The fraction of sp³-hybridized carbons (Fsp3) is 0.571. The molecule has 2 aliphatic heterocycles. The molecule has 194 valence electrons. The summed E-state index contributed by atoms with van der Waals surface area (Å²) in [6, 6.07) is 3.63. The lowest BCUT2D eigenvalue weighted by Crippen LogP contribution is -2.41. The number of rotatable bonds is 4. The number of nitrogens with zero attached hydrogens (tertiary/aromatic N) is 4. The highest BCUT2D eigenvalue weighted by Gasteiger charge is 2.38. The van der Waals surface area contributed by atoms with E-state index >= 15 is 0 Å². The van der Waals surface area contributed by atoms with Crippen molar-refractivity contribution in [2.75, 3.05) is 63.4 Å². The molecule has 0 aliphatic carbocycles. The van der Waals surface area contributed by atoms with Crippen molar-refractivity contribution in [3.05, 3.63) is 12.1 Å². The molecule has 0 saturated carbocycles. The van der Waals surface area contributed by atoms with Crippen molar-refractivity contribution >= 4 is 28.6 Å². The molecule has 0 atom stereocenters. The highest BCUT2D eigenvalue weighted by Crippen LogP contribution is 2.38. The Morgan fingerprint density at radius 3 is 2.06 bits per heavy atom. The van der Waals surface area contributed by atoms with E-state index in [0.29, 0.717) is 55.1 Å². The highest BCUT2D eigenvalue weighted by molar-refractivity contribution is 5.93. The predicted molar refractivity (Wildman–Crippen MR) is 116 cm³/mol. The number of aliphatic carboxylic acids is 1. The summed E-state index contributed by atoms with van der Waals surface area (Å²) in [7, 11) is 3.13. The molecule has 14 heteroatoms. The highest BCUT2D eigenvalue weighted by atomic mass is 19.4. The molecule has 1 N–H and O–H groups in total. The molecule has 35 heavy (non-hydrogen) atoms. The second-order valence-corrected chi connectivity index (χ2v) is 7.82. The topological polar surface area (TPSA) is 97.3 Å². The molecule has 0 bridgehead atoms. The molecule has 9 nitrogen and oxygen atoms in total. The average molecular weight is 508 g/mol. The molecule has 0 unspecified atom stereocenters. The standard InChI is InChI=1S/C19H24F2N4O3.C2HF3O2/c1-26-15-11-13-14(12-16(15)27-2)22-18(25-7-9-28-10-8-25)23-17(13)24-5-3-19(20,21)4-6-24;3-2(4,5)1(6)7/h11-12H,3-10H2,1-2H3;(H,6,7). The smallest absolute Gasteiger partial charge is 0.490 e. The SMILES string of the molecule is COc1cc2nc(N3CCOCC3)nc(N3CCC(F)(F)CC3)c2cc1OC.O=C(O)C(F)(F)F. The van der Waals surface area contributed by atoms with Crippen LogP contribution in [0.15, 0.2) is 12.1 Å². The third-order valence-electron chi connectivity index (χ3n) is 5.50. The predicted octanol–water partition coefficient (Wildman–Crippen LogP) is 3.35. The van der Waals surface area contributed by atoms with Crippen molar-refractivity contribution in [1.29, 1.82) is 0 Å². The number of halogens is 5. The number of ether oxygens (including phenoxy) is 3. The molecule has 2 aromatic rings. The summed E-state index contributed by atoms with van der Waals surface area (Å²) in [5, 5.41) is 7.89. The van der Waals surface area contributed by atoms with E-state index in [4.69, 9.17) is 34.1 Å². The van der Waals surface area contributed by atoms with E-state index in [1.54, 1.807) is 14.2 Å². The van der Waals surface area contributed by atoms with Crippen LogP contribution in [0.3, 0.4) is 0 Å². The fourth-order valence-electron chi connectivity index (χ4n) is 3.62. The Kier molecular flexibility index (Phi) is 8.03. The number of hydrogen-bond donors (Lipinski definition) is 1. The molecule has 2 fully saturated rings. The molecular weight excluding hydrogens is 483 g/mol. The Morgan fingerprint density at radius 2 is 1.54 bits per heavy atom. The molecule has 2 aliphatic rings. The van der Waals surface area contributed by atoms with Gasteiger partial charge in [0.15, 0.2) is 11.5 Å². The van der Waals surface area contributed by atoms with E-state index in [-0.39, 0.29) is 25.9 Å². The molecule has 0 amide bonds. The Hall–Kier alpha value is -3.16. The third-order valence-corrected chi connectivity index (χ3v) is 5.50. The zero-order valence-corrected chi connectivity index (χ0v) is 19.1. The lowest BCUT2D eigenvalue weighted by molar-refractivity contribution is -0.192. The zero-order valence-electron chi connectivity index (χ0n) is 19.1. The monoisotopic (exact) mass is 508 g/mol. The first-order valence-corrected chi connectivity index (χ1v) is 10.6. The molecule has 4 rings (SSSR count). The van der Waals surface area contributed by atoms with Gasteiger partial charge in [-0.2, -0.15) is 18.2 Å². The van der Waals surface area contributed by atoms with Gasteiger partial charge < -0.3 is 29.1 Å². The largest absolute Gasteiger partial charge is 0.493 e. The van der Waals surface area contributed by atoms with Crippen LogP contribution in [0, 0.1) is 0 Å². The van der Waals surface area contributed by atoms with Crippen molar-refractivity contribution in [2.45, 2.75) is 24.9 Å². The van der Waals surface area contributed by atoms with Crippen molar-refractivity contribution in [3.63, 3.8) is 0 Å². The number of carboxylic acid groups (broad SMARTS) is 1. The van der Waals surface area contributed by atoms with Crippen molar-refractivity contribution in [2.24, 2.45) is 0 Å². The number of carboxylic acids is 1. The first kappa shape index (κ1) is 26.4. The van der Waals surface area contributed by atoms with Crippen LogP contribution in [-0.4, -0.2) is 86.8 Å². The van der Waals surface area contributed by atoms with E-state index in [2.05, 4.69) is 4.90 Å². The van der Waals surface area contributed by atoms with Crippen LogP contribution in [0.5, 0.6) is 11.5 Å². The van der Waals surface area contributed by atoms with Gasteiger partial charge >= 0.3 is 12.1 Å². The number of fused-ring (bicyclic) bond motifs is 1. The first-order valence-electron chi connectivity index (χ1n) is 10.6. The number of aromatic nitrogens is 2. The van der Waals surface area contributed by atoms with Gasteiger partial charge in [0.05, 0.1) is 33.0 Å². The quantitative estimate of drug-likeness (QED) is 0.624. The van der Waals surface area contributed by atoms with Gasteiger partial charge in [-0.3, -0.25) is 0 Å². The minimum atomic E-state index is -5.08. The van der Waals surface area contributed by atoms with Crippen molar-refractivity contribution in [1.82, 2.24) is 9.97 Å². The Morgan fingerprint density at radius 1 is 1.00 bits per heavy atom. The van der Waals surface area contributed by atoms with E-state index in [0.717, 1.165) is 5.39 Å². The van der Waals surface area contributed by atoms with Gasteiger partial charge in [-0.05, 0) is 6.07 Å². The summed E-state index contributed by atoms with van der Waals surface area (Å²) in [6.45, 7) is 3.09. The van der Waals surface area contributed by atoms with Crippen LogP contribution in [0.4, 0.5) is 33.7 Å². The van der Waals surface area contributed by atoms with Crippen LogP contribution in [-0.2, 0) is 9.53 Å². The van der Waals surface area contributed by atoms with Crippen LogP contribution >= 0.6 is 0 Å². The fourth-order valence-corrected chi connectivity index (χ4v) is 3.62. The minimum Gasteiger partial charge on any atom is -0.493 e.